The summed E-state index contributed by atoms with van der Waals surface area (Å²) in [7, 11) is 3.03. The van der Waals surface area contributed by atoms with E-state index in [0.29, 0.717) is 35.7 Å². The number of rotatable bonds is 12. The lowest BCUT2D eigenvalue weighted by molar-refractivity contribution is 0.0697. The second kappa shape index (κ2) is 12.9. The van der Waals surface area contributed by atoms with Crippen LogP contribution in [0, 0.1) is 5.92 Å². The molecule has 8 heteroatoms. The van der Waals surface area contributed by atoms with Gasteiger partial charge in [0.05, 0.1) is 38.1 Å². The first-order chi connectivity index (χ1) is 16.6. The van der Waals surface area contributed by atoms with E-state index in [2.05, 4.69) is 38.3 Å². The van der Waals surface area contributed by atoms with Crippen molar-refractivity contribution in [2.24, 2.45) is 5.92 Å². The molecule has 0 saturated heterocycles. The van der Waals surface area contributed by atoms with Crippen LogP contribution in [0.3, 0.4) is 0 Å². The van der Waals surface area contributed by atoms with Crippen LogP contribution in [0.5, 0.6) is 17.2 Å². The second-order valence-corrected chi connectivity index (χ2v) is 9.21. The van der Waals surface area contributed by atoms with E-state index in [1.807, 2.05) is 25.1 Å². The molecule has 192 valence electrons. The lowest BCUT2D eigenvalue weighted by Gasteiger charge is -2.20. The summed E-state index contributed by atoms with van der Waals surface area (Å²) in [6, 6.07) is 7.80. The lowest BCUT2D eigenvalue weighted by Crippen LogP contribution is -2.32. The van der Waals surface area contributed by atoms with Crippen molar-refractivity contribution in [2.75, 3.05) is 26.1 Å². The fraction of sp³-hybridized carbons (Fsp3) is 0.481. The Hall–Kier alpha value is -3.42. The first kappa shape index (κ1) is 27.8. The Balaban J connectivity index is 2.24. The highest BCUT2D eigenvalue weighted by atomic mass is 16.5. The van der Waals surface area contributed by atoms with E-state index in [4.69, 9.17) is 14.2 Å². The summed E-state index contributed by atoms with van der Waals surface area (Å²) in [6.45, 7) is 10.8. The second-order valence-electron chi connectivity index (χ2n) is 9.21. The standard InChI is InChI=1S/C27H38N2O6/c1-16(2)9-8-12-35-25-15-22(21(26(30)31)14-24(25)34-7)29-27(32)28-18(5)20-13-19(17(3)4)10-11-23(20)33-6/h10-11,13-18H,8-9,12H2,1-7H3,(H,30,31)(H2,28,29,32)/t18-/m0/s1. The molecule has 2 aromatic carbocycles. The van der Waals surface area contributed by atoms with Gasteiger partial charge in [-0.3, -0.25) is 0 Å². The molecule has 0 aliphatic heterocycles. The smallest absolute Gasteiger partial charge is 0.337 e. The summed E-state index contributed by atoms with van der Waals surface area (Å²) in [5.41, 5.74) is 1.97. The van der Waals surface area contributed by atoms with Crippen LogP contribution in [0.2, 0.25) is 0 Å². The molecule has 0 unspecified atom stereocenters. The van der Waals surface area contributed by atoms with Crippen molar-refractivity contribution in [3.05, 3.63) is 47.0 Å². The number of carboxylic acid groups (broad SMARTS) is 1. The van der Waals surface area contributed by atoms with Crippen molar-refractivity contribution in [2.45, 2.75) is 59.4 Å². The molecule has 8 nitrogen and oxygen atoms in total. The number of benzene rings is 2. The summed E-state index contributed by atoms with van der Waals surface area (Å²) in [5.74, 6) is 1.01. The molecule has 0 saturated carbocycles. The largest absolute Gasteiger partial charge is 0.496 e. The first-order valence-corrected chi connectivity index (χ1v) is 11.9. The zero-order valence-electron chi connectivity index (χ0n) is 21.7. The minimum Gasteiger partial charge on any atom is -0.496 e. The number of anilines is 1. The van der Waals surface area contributed by atoms with Crippen molar-refractivity contribution in [3.63, 3.8) is 0 Å². The molecule has 0 bridgehead atoms. The monoisotopic (exact) mass is 486 g/mol. The quantitative estimate of drug-likeness (QED) is 0.307. The number of hydrogen-bond donors (Lipinski definition) is 3. The van der Waals surface area contributed by atoms with Crippen molar-refractivity contribution < 1.29 is 28.9 Å². The fourth-order valence-electron chi connectivity index (χ4n) is 3.67. The normalized spacial score (nSPS) is 11.8. The van der Waals surface area contributed by atoms with Gasteiger partial charge in [0.2, 0.25) is 0 Å². The third kappa shape index (κ3) is 7.80. The van der Waals surface area contributed by atoms with Gasteiger partial charge in [-0.2, -0.15) is 0 Å². The van der Waals surface area contributed by atoms with Crippen LogP contribution in [-0.4, -0.2) is 37.9 Å². The Morgan fingerprint density at radius 1 is 0.943 bits per heavy atom. The van der Waals surface area contributed by atoms with E-state index in [1.165, 1.54) is 19.2 Å². The lowest BCUT2D eigenvalue weighted by atomic mass is 9.97. The highest BCUT2D eigenvalue weighted by Gasteiger charge is 2.20. The van der Waals surface area contributed by atoms with E-state index in [0.717, 1.165) is 24.0 Å². The number of methoxy groups -OCH3 is 2. The van der Waals surface area contributed by atoms with Gasteiger partial charge in [-0.15, -0.1) is 0 Å². The van der Waals surface area contributed by atoms with Gasteiger partial charge in [0, 0.05) is 17.7 Å². The van der Waals surface area contributed by atoms with Gasteiger partial charge in [0.1, 0.15) is 5.75 Å². The summed E-state index contributed by atoms with van der Waals surface area (Å²) >= 11 is 0. The Labute approximate surface area is 208 Å². The van der Waals surface area contributed by atoms with Crippen LogP contribution in [0.4, 0.5) is 10.5 Å². The van der Waals surface area contributed by atoms with Gasteiger partial charge in [-0.25, -0.2) is 9.59 Å². The number of carbonyl (C=O) groups excluding carboxylic acids is 1. The summed E-state index contributed by atoms with van der Waals surface area (Å²) in [6.07, 6.45) is 1.85. The predicted octanol–water partition coefficient (Wildman–Crippen LogP) is 6.22. The Bertz CT molecular complexity index is 1020. The zero-order chi connectivity index (χ0) is 26.1. The van der Waals surface area contributed by atoms with Gasteiger partial charge in [-0.1, -0.05) is 33.8 Å². The molecule has 0 aliphatic carbocycles. The van der Waals surface area contributed by atoms with Gasteiger partial charge in [0.25, 0.3) is 0 Å². The van der Waals surface area contributed by atoms with Crippen LogP contribution in [0.15, 0.2) is 30.3 Å². The highest BCUT2D eigenvalue weighted by molar-refractivity contribution is 6.01. The van der Waals surface area contributed by atoms with Crippen LogP contribution >= 0.6 is 0 Å². The maximum Gasteiger partial charge on any atom is 0.337 e. The van der Waals surface area contributed by atoms with Crippen molar-refractivity contribution in [3.8, 4) is 17.2 Å². The molecule has 2 rings (SSSR count). The van der Waals surface area contributed by atoms with Gasteiger partial charge < -0.3 is 30.0 Å². The molecule has 2 aromatic rings. The van der Waals surface area contributed by atoms with E-state index in [1.54, 1.807) is 7.11 Å². The number of amides is 2. The number of hydrogen-bond acceptors (Lipinski definition) is 5. The SMILES string of the molecule is COc1cc(C(=O)O)c(NC(=O)N[C@@H](C)c2cc(C(C)C)ccc2OC)cc1OCCCC(C)C. The maximum atomic E-state index is 12.9. The minimum absolute atomic E-state index is 0.0985. The third-order valence-electron chi connectivity index (χ3n) is 5.70. The molecule has 1 atom stereocenters. The average Bonchev–Trinajstić information content (AvgIpc) is 2.80. The van der Waals surface area contributed by atoms with Crippen molar-refractivity contribution in [1.82, 2.24) is 5.32 Å². The molecule has 0 spiro atoms. The molecule has 0 radical (unpaired) electrons. The van der Waals surface area contributed by atoms with Gasteiger partial charge in [0.15, 0.2) is 11.5 Å². The topological polar surface area (TPSA) is 106 Å². The Kier molecular flexibility index (Phi) is 10.2. The number of carboxylic acids is 1. The predicted molar refractivity (Wildman–Crippen MR) is 137 cm³/mol. The number of nitrogens with one attached hydrogen (secondary N) is 2. The molecule has 2 amide bonds. The van der Waals surface area contributed by atoms with Crippen LogP contribution in [0.25, 0.3) is 0 Å². The number of aromatic carboxylic acids is 1. The van der Waals surface area contributed by atoms with Crippen LogP contribution in [0.1, 0.15) is 80.9 Å². The van der Waals surface area contributed by atoms with Crippen molar-refractivity contribution >= 4 is 17.7 Å². The third-order valence-corrected chi connectivity index (χ3v) is 5.70. The van der Waals surface area contributed by atoms with E-state index >= 15 is 0 Å². The Morgan fingerprint density at radius 3 is 2.20 bits per heavy atom. The maximum absolute atomic E-state index is 12.9. The summed E-state index contributed by atoms with van der Waals surface area (Å²) in [4.78, 5) is 24.7. The zero-order valence-corrected chi connectivity index (χ0v) is 21.7. The van der Waals surface area contributed by atoms with Crippen molar-refractivity contribution in [1.29, 1.82) is 0 Å². The molecule has 0 aliphatic rings. The summed E-state index contributed by atoms with van der Waals surface area (Å²) in [5, 5.41) is 15.2. The molecule has 0 aromatic heterocycles. The van der Waals surface area contributed by atoms with Gasteiger partial charge in [-0.05, 0) is 49.3 Å². The van der Waals surface area contributed by atoms with E-state index in [9.17, 15) is 14.7 Å². The number of urea groups is 1. The minimum atomic E-state index is -1.19. The molecule has 0 heterocycles. The molecule has 35 heavy (non-hydrogen) atoms. The molecule has 3 N–H and O–H groups in total. The van der Waals surface area contributed by atoms with E-state index in [-0.39, 0.29) is 17.3 Å². The average molecular weight is 487 g/mol. The summed E-state index contributed by atoms with van der Waals surface area (Å²) < 4.78 is 16.6. The number of ether oxygens (including phenoxy) is 3. The first-order valence-electron chi connectivity index (χ1n) is 11.9. The molecular formula is C27H38N2O6. The fourth-order valence-corrected chi connectivity index (χ4v) is 3.67. The number of carbonyl (C=O) groups is 2. The molecular weight excluding hydrogens is 448 g/mol. The van der Waals surface area contributed by atoms with E-state index < -0.39 is 12.0 Å². The van der Waals surface area contributed by atoms with Gasteiger partial charge >= 0.3 is 12.0 Å². The van der Waals surface area contributed by atoms with Crippen LogP contribution in [-0.2, 0) is 0 Å². The molecule has 0 fully saturated rings. The highest BCUT2D eigenvalue weighted by Crippen LogP contribution is 2.34. The Morgan fingerprint density at radius 2 is 1.63 bits per heavy atom. The van der Waals surface area contributed by atoms with Crippen LogP contribution < -0.4 is 24.8 Å².